The molecule has 0 spiro atoms. The number of amides is 2. The first-order valence-corrected chi connectivity index (χ1v) is 8.23. The smallest absolute Gasteiger partial charge is 0.346 e. The molecule has 1 fully saturated rings. The minimum atomic E-state index is -0.943. The maximum atomic E-state index is 12.6. The number of thiophene rings is 1. The summed E-state index contributed by atoms with van der Waals surface area (Å²) in [5.41, 5.74) is 2.99. The Morgan fingerprint density at radius 2 is 1.91 bits per heavy atom. The lowest BCUT2D eigenvalue weighted by Crippen LogP contribution is -2.30. The molecule has 0 saturated carbocycles. The van der Waals surface area contributed by atoms with Crippen molar-refractivity contribution in [3.8, 4) is 0 Å². The first-order chi connectivity index (χ1) is 11.0. The molecule has 1 aromatic heterocycles. The summed E-state index contributed by atoms with van der Waals surface area (Å²) >= 11 is 1.16. The van der Waals surface area contributed by atoms with E-state index < -0.39 is 5.97 Å². The van der Waals surface area contributed by atoms with Crippen molar-refractivity contribution < 1.29 is 14.7 Å². The Balaban J connectivity index is 1.75. The number of carbonyl (C=O) groups excluding carboxylic acids is 1. The fourth-order valence-corrected chi connectivity index (χ4v) is 3.69. The van der Waals surface area contributed by atoms with E-state index in [0.29, 0.717) is 35.1 Å². The Hall–Kier alpha value is -2.34. The molecule has 6 heteroatoms. The molecule has 1 aliphatic heterocycles. The number of anilines is 1. The second-order valence-electron chi connectivity index (χ2n) is 5.74. The van der Waals surface area contributed by atoms with Gasteiger partial charge < -0.3 is 10.0 Å². The summed E-state index contributed by atoms with van der Waals surface area (Å²) in [5.74, 6) is -0.943. The van der Waals surface area contributed by atoms with E-state index in [1.807, 2.05) is 31.2 Å². The maximum absolute atomic E-state index is 12.6. The number of nitrogens with zero attached hydrogens (tertiary/aromatic N) is 2. The predicted octanol–water partition coefficient (Wildman–Crippen LogP) is 3.51. The number of benzene rings is 1. The van der Waals surface area contributed by atoms with Crippen molar-refractivity contribution in [3.05, 3.63) is 51.9 Å². The fraction of sp³-hybridized carbons (Fsp3) is 0.294. The van der Waals surface area contributed by atoms with Gasteiger partial charge in [0.2, 0.25) is 0 Å². The predicted molar refractivity (Wildman–Crippen MR) is 90.3 cm³/mol. The topological polar surface area (TPSA) is 60.9 Å². The van der Waals surface area contributed by atoms with Crippen LogP contribution in [0, 0.1) is 13.8 Å². The molecule has 0 unspecified atom stereocenters. The SMILES string of the molecule is Cc1ccc(CN2CCN(c3cc(C)c(C(=O)O)s3)C2=O)cc1. The highest BCUT2D eigenvalue weighted by molar-refractivity contribution is 7.18. The van der Waals surface area contributed by atoms with Crippen LogP contribution in [-0.2, 0) is 6.54 Å². The number of rotatable bonds is 4. The van der Waals surface area contributed by atoms with Gasteiger partial charge >= 0.3 is 12.0 Å². The monoisotopic (exact) mass is 330 g/mol. The van der Waals surface area contributed by atoms with Gasteiger partial charge in [-0.3, -0.25) is 4.90 Å². The molecular formula is C17H18N2O3S. The van der Waals surface area contributed by atoms with Gasteiger partial charge in [-0.25, -0.2) is 9.59 Å². The number of aryl methyl sites for hydroxylation is 2. The molecule has 1 aromatic carbocycles. The standard InChI is InChI=1S/C17H18N2O3S/c1-11-3-5-13(6-4-11)10-18-7-8-19(17(18)22)14-9-12(2)15(23-14)16(20)21/h3-6,9H,7-8,10H2,1-2H3,(H,20,21). The first-order valence-electron chi connectivity index (χ1n) is 7.41. The largest absolute Gasteiger partial charge is 0.477 e. The molecule has 0 aliphatic carbocycles. The summed E-state index contributed by atoms with van der Waals surface area (Å²) in [4.78, 5) is 27.5. The Morgan fingerprint density at radius 1 is 1.22 bits per heavy atom. The highest BCUT2D eigenvalue weighted by atomic mass is 32.1. The number of aromatic carboxylic acids is 1. The second kappa shape index (κ2) is 6.04. The van der Waals surface area contributed by atoms with Gasteiger partial charge in [0.05, 0.1) is 0 Å². The molecule has 0 atom stereocenters. The van der Waals surface area contributed by atoms with Crippen molar-refractivity contribution in [2.24, 2.45) is 0 Å². The summed E-state index contributed by atoms with van der Waals surface area (Å²) in [6, 6.07) is 9.85. The number of urea groups is 1. The summed E-state index contributed by atoms with van der Waals surface area (Å²) in [7, 11) is 0. The second-order valence-corrected chi connectivity index (χ2v) is 6.77. The molecule has 0 bridgehead atoms. The zero-order chi connectivity index (χ0) is 16.6. The third-order valence-electron chi connectivity index (χ3n) is 3.95. The van der Waals surface area contributed by atoms with Gasteiger partial charge in [-0.1, -0.05) is 29.8 Å². The summed E-state index contributed by atoms with van der Waals surface area (Å²) in [6.07, 6.45) is 0. The van der Waals surface area contributed by atoms with Gasteiger partial charge in [0.25, 0.3) is 0 Å². The number of carboxylic acids is 1. The first kappa shape index (κ1) is 15.6. The Morgan fingerprint density at radius 3 is 2.52 bits per heavy atom. The van der Waals surface area contributed by atoms with Gasteiger partial charge in [-0.2, -0.15) is 0 Å². The molecule has 120 valence electrons. The van der Waals surface area contributed by atoms with Gasteiger partial charge in [0.15, 0.2) is 0 Å². The van der Waals surface area contributed by atoms with E-state index in [1.54, 1.807) is 22.8 Å². The van der Waals surface area contributed by atoms with Crippen LogP contribution in [0.1, 0.15) is 26.4 Å². The molecule has 1 aliphatic rings. The van der Waals surface area contributed by atoms with Crippen molar-refractivity contribution in [1.29, 1.82) is 0 Å². The Bertz CT molecular complexity index is 752. The number of carbonyl (C=O) groups is 2. The van der Waals surface area contributed by atoms with E-state index in [1.165, 1.54) is 5.56 Å². The van der Waals surface area contributed by atoms with Crippen LogP contribution in [0.3, 0.4) is 0 Å². The number of hydrogen-bond donors (Lipinski definition) is 1. The van der Waals surface area contributed by atoms with E-state index >= 15 is 0 Å². The van der Waals surface area contributed by atoms with E-state index in [-0.39, 0.29) is 6.03 Å². The van der Waals surface area contributed by atoms with Crippen LogP contribution < -0.4 is 4.90 Å². The zero-order valence-corrected chi connectivity index (χ0v) is 13.9. The van der Waals surface area contributed by atoms with Crippen molar-refractivity contribution in [3.63, 3.8) is 0 Å². The number of hydrogen-bond acceptors (Lipinski definition) is 3. The van der Waals surface area contributed by atoms with Crippen molar-refractivity contribution in [2.45, 2.75) is 20.4 Å². The minimum absolute atomic E-state index is 0.0660. The quantitative estimate of drug-likeness (QED) is 0.933. The van der Waals surface area contributed by atoms with Crippen molar-refractivity contribution >= 4 is 28.3 Å². The third-order valence-corrected chi connectivity index (χ3v) is 5.20. The molecule has 0 radical (unpaired) electrons. The molecule has 3 rings (SSSR count). The van der Waals surface area contributed by atoms with E-state index in [4.69, 9.17) is 5.11 Å². The van der Waals surface area contributed by atoms with E-state index in [2.05, 4.69) is 0 Å². The molecule has 2 amide bonds. The van der Waals surface area contributed by atoms with Crippen molar-refractivity contribution in [1.82, 2.24) is 4.90 Å². The molecule has 23 heavy (non-hydrogen) atoms. The van der Waals surface area contributed by atoms with Crippen molar-refractivity contribution in [2.75, 3.05) is 18.0 Å². The summed E-state index contributed by atoms with van der Waals surface area (Å²) < 4.78 is 0. The van der Waals surface area contributed by atoms with Crippen LogP contribution in [0.5, 0.6) is 0 Å². The molecule has 5 nitrogen and oxygen atoms in total. The van der Waals surface area contributed by atoms with Crippen LogP contribution in [0.25, 0.3) is 0 Å². The van der Waals surface area contributed by atoms with Crippen LogP contribution in [0.4, 0.5) is 9.80 Å². The zero-order valence-electron chi connectivity index (χ0n) is 13.1. The summed E-state index contributed by atoms with van der Waals surface area (Å²) in [5, 5.41) is 9.86. The minimum Gasteiger partial charge on any atom is -0.477 e. The van der Waals surface area contributed by atoms with E-state index in [9.17, 15) is 9.59 Å². The lowest BCUT2D eigenvalue weighted by atomic mass is 10.1. The van der Waals surface area contributed by atoms with Crippen LogP contribution in [0.15, 0.2) is 30.3 Å². The number of carboxylic acid groups (broad SMARTS) is 1. The fourth-order valence-electron chi connectivity index (χ4n) is 2.66. The van der Waals surface area contributed by atoms with Gasteiger partial charge in [-0.15, -0.1) is 11.3 Å². The molecule has 1 N–H and O–H groups in total. The average Bonchev–Trinajstić information content (AvgIpc) is 3.05. The highest BCUT2D eigenvalue weighted by Crippen LogP contribution is 2.32. The van der Waals surface area contributed by atoms with Gasteiger partial charge in [0, 0.05) is 19.6 Å². The Kier molecular flexibility index (Phi) is 4.09. The molecule has 2 aromatic rings. The molecule has 2 heterocycles. The highest BCUT2D eigenvalue weighted by Gasteiger charge is 2.31. The van der Waals surface area contributed by atoms with Gasteiger partial charge in [0.1, 0.15) is 9.88 Å². The van der Waals surface area contributed by atoms with Crippen LogP contribution >= 0.6 is 11.3 Å². The van der Waals surface area contributed by atoms with Gasteiger partial charge in [-0.05, 0) is 31.0 Å². The molecular weight excluding hydrogens is 312 g/mol. The normalized spacial score (nSPS) is 14.6. The Labute approximate surface area is 138 Å². The van der Waals surface area contributed by atoms with Crippen LogP contribution in [0.2, 0.25) is 0 Å². The average molecular weight is 330 g/mol. The third kappa shape index (κ3) is 3.07. The van der Waals surface area contributed by atoms with E-state index in [0.717, 1.165) is 16.9 Å². The maximum Gasteiger partial charge on any atom is 0.346 e. The molecule has 1 saturated heterocycles. The lowest BCUT2D eigenvalue weighted by molar-refractivity contribution is 0.0701. The van der Waals surface area contributed by atoms with Crippen LogP contribution in [-0.4, -0.2) is 35.1 Å². The summed E-state index contributed by atoms with van der Waals surface area (Å²) in [6.45, 7) is 5.60. The lowest BCUT2D eigenvalue weighted by Gasteiger charge is -2.17.